The van der Waals surface area contributed by atoms with E-state index in [1.807, 2.05) is 34.6 Å². The first kappa shape index (κ1) is 21.4. The summed E-state index contributed by atoms with van der Waals surface area (Å²) in [6.07, 6.45) is 0. The number of nitrogens with zero attached hydrogens (tertiary/aromatic N) is 3. The van der Waals surface area contributed by atoms with Crippen molar-refractivity contribution in [3.05, 3.63) is 0 Å². The monoisotopic (exact) mass is 355 g/mol. The summed E-state index contributed by atoms with van der Waals surface area (Å²) in [6, 6.07) is 0.0684. The van der Waals surface area contributed by atoms with E-state index in [2.05, 4.69) is 10.2 Å². The smallest absolute Gasteiger partial charge is 0.236 e. The van der Waals surface area contributed by atoms with Crippen molar-refractivity contribution in [2.75, 3.05) is 45.8 Å². The van der Waals surface area contributed by atoms with Gasteiger partial charge in [0.2, 0.25) is 17.7 Å². The number of rotatable bonds is 7. The summed E-state index contributed by atoms with van der Waals surface area (Å²) < 4.78 is 0. The zero-order valence-electron chi connectivity index (χ0n) is 16.2. The number of carbonyl (C=O) groups excluding carboxylic acids is 3. The average Bonchev–Trinajstić information content (AvgIpc) is 2.44. The molecule has 3 amide bonds. The third-order valence-electron chi connectivity index (χ3n) is 4.03. The highest BCUT2D eigenvalue weighted by atomic mass is 16.2. The van der Waals surface area contributed by atoms with Gasteiger partial charge < -0.3 is 16.0 Å². The molecule has 0 saturated carbocycles. The Morgan fingerprint density at radius 3 is 2.08 bits per heavy atom. The standard InChI is InChI=1S/C17H33N5O3/c1-13(2)22(10-14(18)23)12-16(25)21-8-6-20(7-9-21)11-15(24)19-17(3,4)5/h13H,6-12H2,1-5H3,(H2,18,23)(H,19,24). The van der Waals surface area contributed by atoms with Gasteiger partial charge in [0.25, 0.3) is 0 Å². The predicted molar refractivity (Wildman–Crippen MR) is 96.8 cm³/mol. The van der Waals surface area contributed by atoms with Crippen LogP contribution in [0.25, 0.3) is 0 Å². The van der Waals surface area contributed by atoms with Crippen molar-refractivity contribution < 1.29 is 14.4 Å². The van der Waals surface area contributed by atoms with Crippen LogP contribution >= 0.6 is 0 Å². The van der Waals surface area contributed by atoms with Crippen LogP contribution in [0.15, 0.2) is 0 Å². The number of carbonyl (C=O) groups is 3. The maximum absolute atomic E-state index is 12.4. The molecular weight excluding hydrogens is 322 g/mol. The maximum Gasteiger partial charge on any atom is 0.236 e. The molecule has 0 aliphatic carbocycles. The number of nitrogens with two attached hydrogens (primary N) is 1. The lowest BCUT2D eigenvalue weighted by molar-refractivity contribution is -0.135. The molecule has 0 unspecified atom stereocenters. The van der Waals surface area contributed by atoms with E-state index < -0.39 is 5.91 Å². The van der Waals surface area contributed by atoms with Crippen molar-refractivity contribution in [2.45, 2.75) is 46.2 Å². The second-order valence-electron chi connectivity index (χ2n) is 7.92. The van der Waals surface area contributed by atoms with Crippen LogP contribution in [0.1, 0.15) is 34.6 Å². The minimum absolute atomic E-state index is 0.000261. The third-order valence-corrected chi connectivity index (χ3v) is 4.03. The van der Waals surface area contributed by atoms with Crippen LogP contribution in [0.5, 0.6) is 0 Å². The van der Waals surface area contributed by atoms with Crippen molar-refractivity contribution in [1.29, 1.82) is 0 Å². The summed E-state index contributed by atoms with van der Waals surface area (Å²) in [5, 5.41) is 2.95. The van der Waals surface area contributed by atoms with Crippen LogP contribution in [0, 0.1) is 0 Å². The molecule has 3 N–H and O–H groups in total. The van der Waals surface area contributed by atoms with Crippen LogP contribution in [0.3, 0.4) is 0 Å². The fraction of sp³-hybridized carbons (Fsp3) is 0.824. The van der Waals surface area contributed by atoms with E-state index in [1.54, 1.807) is 9.80 Å². The summed E-state index contributed by atoms with van der Waals surface area (Å²) in [6.45, 7) is 12.8. The molecule has 1 saturated heterocycles. The summed E-state index contributed by atoms with van der Waals surface area (Å²) in [5.74, 6) is -0.440. The summed E-state index contributed by atoms with van der Waals surface area (Å²) in [4.78, 5) is 41.2. The van der Waals surface area contributed by atoms with Gasteiger partial charge in [0, 0.05) is 37.8 Å². The first-order chi connectivity index (χ1) is 11.5. The Bertz CT molecular complexity index is 479. The Morgan fingerprint density at radius 2 is 1.64 bits per heavy atom. The predicted octanol–water partition coefficient (Wildman–Crippen LogP) is -0.759. The van der Waals surface area contributed by atoms with Crippen molar-refractivity contribution in [1.82, 2.24) is 20.0 Å². The lowest BCUT2D eigenvalue weighted by atomic mass is 10.1. The van der Waals surface area contributed by atoms with Crippen molar-refractivity contribution in [2.24, 2.45) is 5.73 Å². The van der Waals surface area contributed by atoms with E-state index in [-0.39, 0.29) is 36.5 Å². The number of hydrogen-bond acceptors (Lipinski definition) is 5. The van der Waals surface area contributed by atoms with Gasteiger partial charge in [-0.25, -0.2) is 0 Å². The van der Waals surface area contributed by atoms with E-state index in [0.29, 0.717) is 32.7 Å². The molecule has 8 nitrogen and oxygen atoms in total. The largest absolute Gasteiger partial charge is 0.369 e. The molecule has 1 aliphatic heterocycles. The van der Waals surface area contributed by atoms with E-state index in [4.69, 9.17) is 5.73 Å². The minimum Gasteiger partial charge on any atom is -0.369 e. The minimum atomic E-state index is -0.434. The van der Waals surface area contributed by atoms with Crippen LogP contribution in [0.2, 0.25) is 0 Å². The van der Waals surface area contributed by atoms with Crippen LogP contribution in [0.4, 0.5) is 0 Å². The molecule has 144 valence electrons. The number of nitrogens with one attached hydrogen (secondary N) is 1. The van der Waals surface area contributed by atoms with Gasteiger partial charge in [0.1, 0.15) is 0 Å². The Balaban J connectivity index is 2.43. The van der Waals surface area contributed by atoms with E-state index in [9.17, 15) is 14.4 Å². The van der Waals surface area contributed by atoms with Gasteiger partial charge in [-0.2, -0.15) is 0 Å². The van der Waals surface area contributed by atoms with Crippen LogP contribution in [-0.4, -0.2) is 89.8 Å². The number of piperazine rings is 1. The second kappa shape index (κ2) is 9.15. The molecule has 1 aliphatic rings. The Kier molecular flexibility index (Phi) is 7.82. The molecular formula is C17H33N5O3. The topological polar surface area (TPSA) is 99.0 Å². The molecule has 1 fully saturated rings. The van der Waals surface area contributed by atoms with Crippen LogP contribution < -0.4 is 11.1 Å². The SMILES string of the molecule is CC(C)N(CC(N)=O)CC(=O)N1CCN(CC(=O)NC(C)(C)C)CC1. The van der Waals surface area contributed by atoms with Gasteiger partial charge in [0.05, 0.1) is 19.6 Å². The average molecular weight is 355 g/mol. The molecule has 25 heavy (non-hydrogen) atoms. The highest BCUT2D eigenvalue weighted by Crippen LogP contribution is 2.06. The van der Waals surface area contributed by atoms with Gasteiger partial charge in [-0.15, -0.1) is 0 Å². The Hall–Kier alpha value is -1.67. The maximum atomic E-state index is 12.4. The van der Waals surface area contributed by atoms with Gasteiger partial charge in [-0.05, 0) is 34.6 Å². The molecule has 0 aromatic carbocycles. The van der Waals surface area contributed by atoms with E-state index in [1.165, 1.54) is 0 Å². The fourth-order valence-corrected chi connectivity index (χ4v) is 2.71. The van der Waals surface area contributed by atoms with Gasteiger partial charge in [0.15, 0.2) is 0 Å². The fourth-order valence-electron chi connectivity index (χ4n) is 2.71. The van der Waals surface area contributed by atoms with Gasteiger partial charge in [-0.1, -0.05) is 0 Å². The third kappa shape index (κ3) is 8.31. The summed E-state index contributed by atoms with van der Waals surface area (Å²) in [5.41, 5.74) is 5.00. The molecule has 0 atom stereocenters. The normalized spacial score (nSPS) is 16.4. The zero-order valence-corrected chi connectivity index (χ0v) is 16.2. The van der Waals surface area contributed by atoms with Crippen molar-refractivity contribution >= 4 is 17.7 Å². The highest BCUT2D eigenvalue weighted by Gasteiger charge is 2.25. The summed E-state index contributed by atoms with van der Waals surface area (Å²) >= 11 is 0. The summed E-state index contributed by atoms with van der Waals surface area (Å²) in [7, 11) is 0. The molecule has 0 bridgehead atoms. The molecule has 0 aromatic heterocycles. The molecule has 0 aromatic rings. The van der Waals surface area contributed by atoms with E-state index in [0.717, 1.165) is 0 Å². The number of hydrogen-bond donors (Lipinski definition) is 2. The molecule has 1 rings (SSSR count). The molecule has 0 spiro atoms. The quantitative estimate of drug-likeness (QED) is 0.625. The molecule has 8 heteroatoms. The Morgan fingerprint density at radius 1 is 1.08 bits per heavy atom. The lowest BCUT2D eigenvalue weighted by Crippen LogP contribution is -2.54. The number of primary amides is 1. The first-order valence-electron chi connectivity index (χ1n) is 8.81. The molecule has 1 heterocycles. The zero-order chi connectivity index (χ0) is 19.2. The second-order valence-corrected chi connectivity index (χ2v) is 7.92. The van der Waals surface area contributed by atoms with E-state index >= 15 is 0 Å². The van der Waals surface area contributed by atoms with Gasteiger partial charge in [-0.3, -0.25) is 24.2 Å². The first-order valence-corrected chi connectivity index (χ1v) is 8.81. The van der Waals surface area contributed by atoms with Crippen molar-refractivity contribution in [3.8, 4) is 0 Å². The number of amides is 3. The van der Waals surface area contributed by atoms with Crippen molar-refractivity contribution in [3.63, 3.8) is 0 Å². The molecule has 0 radical (unpaired) electrons. The van der Waals surface area contributed by atoms with Gasteiger partial charge >= 0.3 is 0 Å². The Labute approximate surface area is 150 Å². The highest BCUT2D eigenvalue weighted by molar-refractivity contribution is 5.81. The lowest BCUT2D eigenvalue weighted by Gasteiger charge is -2.36. The van der Waals surface area contributed by atoms with Crippen LogP contribution in [-0.2, 0) is 14.4 Å².